The van der Waals surface area contributed by atoms with E-state index in [1.807, 2.05) is 99.0 Å². The number of benzene rings is 3. The molecule has 4 heterocycles. The molecule has 0 saturated carbocycles. The second-order valence-electron chi connectivity index (χ2n) is 11.5. The summed E-state index contributed by atoms with van der Waals surface area (Å²) in [6.45, 7) is 8.30. The SMILES string of the molecule is CCOc1cc(C2C(=C(O)c3nc4c(C)cccn4c3C)C(=O)C(=O)N2c2nc3ccc(C)cc3s2)ccc1OCc1ccccc1. The van der Waals surface area contributed by atoms with Gasteiger partial charge in [-0.3, -0.25) is 14.5 Å². The van der Waals surface area contributed by atoms with Crippen molar-refractivity contribution >= 4 is 49.8 Å². The van der Waals surface area contributed by atoms with Gasteiger partial charge >= 0.3 is 5.91 Å². The molecule has 1 fully saturated rings. The molecule has 1 N–H and O–H groups in total. The highest BCUT2D eigenvalue weighted by atomic mass is 32.1. The number of anilines is 1. The van der Waals surface area contributed by atoms with Gasteiger partial charge in [-0.05, 0) is 80.3 Å². The first-order valence-corrected chi connectivity index (χ1v) is 16.1. The van der Waals surface area contributed by atoms with Gasteiger partial charge in [0.15, 0.2) is 22.4 Å². The Bertz CT molecular complexity index is 2220. The van der Waals surface area contributed by atoms with Crippen molar-refractivity contribution in [3.8, 4) is 11.5 Å². The van der Waals surface area contributed by atoms with Crippen molar-refractivity contribution in [3.63, 3.8) is 0 Å². The summed E-state index contributed by atoms with van der Waals surface area (Å²) in [6.07, 6.45) is 1.85. The van der Waals surface area contributed by atoms with E-state index in [1.54, 1.807) is 18.2 Å². The Kier molecular flexibility index (Phi) is 7.73. The summed E-state index contributed by atoms with van der Waals surface area (Å²) < 4.78 is 14.9. The number of rotatable bonds is 8. The number of carbonyl (C=O) groups is 2. The van der Waals surface area contributed by atoms with Crippen LogP contribution in [0.4, 0.5) is 5.13 Å². The van der Waals surface area contributed by atoms with Crippen LogP contribution < -0.4 is 14.4 Å². The Balaban J connectivity index is 1.40. The molecule has 0 radical (unpaired) electrons. The van der Waals surface area contributed by atoms with E-state index < -0.39 is 17.7 Å². The summed E-state index contributed by atoms with van der Waals surface area (Å²) in [7, 11) is 0. The van der Waals surface area contributed by atoms with Gasteiger partial charge in [0, 0.05) is 6.20 Å². The molecule has 1 saturated heterocycles. The standard InChI is InChI=1S/C37H32N4O5S/c1-5-45-28-19-25(14-16-27(28)46-20-24-11-7-6-8-12-24)32-30(33(42)31-23(4)40-17-9-10-22(3)35(40)39-31)34(43)36(44)41(32)37-38-26-15-13-21(2)18-29(26)47-37/h6-19,32,42H,5,20H2,1-4H3. The zero-order valence-corrected chi connectivity index (χ0v) is 27.2. The van der Waals surface area contributed by atoms with Crippen molar-refractivity contribution in [3.05, 3.63) is 124 Å². The van der Waals surface area contributed by atoms with Gasteiger partial charge in [-0.15, -0.1) is 0 Å². The molecule has 6 aromatic rings. The number of ether oxygens (including phenoxy) is 2. The molecule has 47 heavy (non-hydrogen) atoms. The zero-order valence-electron chi connectivity index (χ0n) is 26.4. The number of ketones is 1. The number of imidazole rings is 1. The molecule has 1 unspecified atom stereocenters. The van der Waals surface area contributed by atoms with Gasteiger partial charge < -0.3 is 19.0 Å². The number of aliphatic hydroxyl groups is 1. The first kappa shape index (κ1) is 30.2. The number of aryl methyl sites for hydroxylation is 3. The van der Waals surface area contributed by atoms with E-state index in [9.17, 15) is 14.7 Å². The highest BCUT2D eigenvalue weighted by Gasteiger charge is 2.49. The Hall–Kier alpha value is -5.48. The molecule has 1 amide bonds. The van der Waals surface area contributed by atoms with Gasteiger partial charge in [0.1, 0.15) is 17.9 Å². The topological polar surface area (TPSA) is 106 Å². The lowest BCUT2D eigenvalue weighted by Crippen LogP contribution is -2.29. The molecular weight excluding hydrogens is 612 g/mol. The van der Waals surface area contributed by atoms with Gasteiger partial charge in [-0.1, -0.05) is 59.9 Å². The number of hydrogen-bond donors (Lipinski definition) is 1. The Labute approximate surface area is 275 Å². The van der Waals surface area contributed by atoms with Crippen molar-refractivity contribution in [2.75, 3.05) is 11.5 Å². The predicted octanol–water partition coefficient (Wildman–Crippen LogP) is 7.47. The van der Waals surface area contributed by atoms with Crippen LogP contribution in [0.2, 0.25) is 0 Å². The maximum absolute atomic E-state index is 14.0. The number of amides is 1. The fraction of sp³-hybridized carbons (Fsp3) is 0.189. The number of pyridine rings is 1. The van der Waals surface area contributed by atoms with Gasteiger partial charge in [-0.2, -0.15) is 0 Å². The fourth-order valence-corrected chi connectivity index (χ4v) is 7.05. The zero-order chi connectivity index (χ0) is 32.8. The molecule has 236 valence electrons. The maximum atomic E-state index is 14.0. The number of nitrogens with zero attached hydrogens (tertiary/aromatic N) is 4. The average Bonchev–Trinajstić information content (AvgIpc) is 3.72. The van der Waals surface area contributed by atoms with Gasteiger partial charge in [-0.25, -0.2) is 9.97 Å². The van der Waals surface area contributed by atoms with Gasteiger partial charge in [0.05, 0.1) is 34.1 Å². The van der Waals surface area contributed by atoms with Crippen LogP contribution in [0.3, 0.4) is 0 Å². The van der Waals surface area contributed by atoms with E-state index in [2.05, 4.69) is 0 Å². The summed E-state index contributed by atoms with van der Waals surface area (Å²) in [5.74, 6) is -0.994. The third kappa shape index (κ3) is 5.30. The molecule has 1 aliphatic rings. The van der Waals surface area contributed by atoms with Gasteiger partial charge in [0.2, 0.25) is 0 Å². The number of fused-ring (bicyclic) bond motifs is 2. The van der Waals surface area contributed by atoms with E-state index in [0.717, 1.165) is 21.4 Å². The lowest BCUT2D eigenvalue weighted by molar-refractivity contribution is -0.132. The molecule has 3 aromatic carbocycles. The molecule has 7 rings (SSSR count). The Morgan fingerprint density at radius 3 is 2.49 bits per heavy atom. The van der Waals surface area contributed by atoms with Crippen molar-refractivity contribution in [2.24, 2.45) is 0 Å². The normalized spacial score (nSPS) is 16.0. The number of aromatic nitrogens is 3. The molecule has 1 aliphatic heterocycles. The minimum atomic E-state index is -1.01. The summed E-state index contributed by atoms with van der Waals surface area (Å²) in [5, 5.41) is 12.3. The van der Waals surface area contributed by atoms with E-state index >= 15 is 0 Å². The smallest absolute Gasteiger partial charge is 0.301 e. The first-order valence-electron chi connectivity index (χ1n) is 15.3. The fourth-order valence-electron chi connectivity index (χ4n) is 5.96. The highest BCUT2D eigenvalue weighted by Crippen LogP contribution is 2.46. The average molecular weight is 645 g/mol. The Morgan fingerprint density at radius 1 is 0.915 bits per heavy atom. The van der Waals surface area contributed by atoms with E-state index in [-0.39, 0.29) is 17.0 Å². The molecule has 9 nitrogen and oxygen atoms in total. The number of thiazole rings is 1. The maximum Gasteiger partial charge on any atom is 0.301 e. The quantitative estimate of drug-likeness (QED) is 0.104. The summed E-state index contributed by atoms with van der Waals surface area (Å²) in [4.78, 5) is 38.8. The second-order valence-corrected chi connectivity index (χ2v) is 12.5. The number of hydrogen-bond acceptors (Lipinski definition) is 8. The number of Topliss-reactive ketones (excluding diaryl/α,β-unsaturated/α-hetero) is 1. The molecule has 10 heteroatoms. The predicted molar refractivity (Wildman–Crippen MR) is 182 cm³/mol. The van der Waals surface area contributed by atoms with Crippen LogP contribution in [0.5, 0.6) is 11.5 Å². The van der Waals surface area contributed by atoms with Crippen LogP contribution >= 0.6 is 11.3 Å². The summed E-state index contributed by atoms with van der Waals surface area (Å²) >= 11 is 1.32. The van der Waals surface area contributed by atoms with Crippen LogP contribution in [0.25, 0.3) is 21.6 Å². The van der Waals surface area contributed by atoms with Gasteiger partial charge in [0.25, 0.3) is 5.78 Å². The summed E-state index contributed by atoms with van der Waals surface area (Å²) in [5.41, 5.74) is 5.66. The van der Waals surface area contributed by atoms with Crippen LogP contribution in [-0.4, -0.2) is 37.8 Å². The molecule has 0 aliphatic carbocycles. The minimum Gasteiger partial charge on any atom is -0.505 e. The molecule has 0 spiro atoms. The second kappa shape index (κ2) is 12.0. The lowest BCUT2D eigenvalue weighted by atomic mass is 9.96. The molecule has 1 atom stereocenters. The minimum absolute atomic E-state index is 0.0741. The van der Waals surface area contributed by atoms with E-state index in [0.29, 0.717) is 52.3 Å². The highest BCUT2D eigenvalue weighted by molar-refractivity contribution is 7.22. The van der Waals surface area contributed by atoms with E-state index in [1.165, 1.54) is 16.2 Å². The van der Waals surface area contributed by atoms with Crippen molar-refractivity contribution < 1.29 is 24.2 Å². The van der Waals surface area contributed by atoms with Crippen LogP contribution in [0.1, 0.15) is 46.6 Å². The van der Waals surface area contributed by atoms with Crippen LogP contribution in [-0.2, 0) is 16.2 Å². The third-order valence-electron chi connectivity index (χ3n) is 8.31. The lowest BCUT2D eigenvalue weighted by Gasteiger charge is -2.24. The largest absolute Gasteiger partial charge is 0.505 e. The number of carbonyl (C=O) groups excluding carboxylic acids is 2. The monoisotopic (exact) mass is 644 g/mol. The van der Waals surface area contributed by atoms with Crippen molar-refractivity contribution in [1.82, 2.24) is 14.4 Å². The first-order chi connectivity index (χ1) is 22.7. The Morgan fingerprint density at radius 2 is 1.72 bits per heavy atom. The van der Waals surface area contributed by atoms with Crippen molar-refractivity contribution in [2.45, 2.75) is 40.3 Å². The molecule has 0 bridgehead atoms. The van der Waals surface area contributed by atoms with E-state index in [4.69, 9.17) is 19.4 Å². The molecule has 3 aromatic heterocycles. The summed E-state index contributed by atoms with van der Waals surface area (Å²) in [6, 6.07) is 23.8. The molecular formula is C37H32N4O5S. The number of aliphatic hydroxyl groups excluding tert-OH is 1. The van der Waals surface area contributed by atoms with Crippen LogP contribution in [0.15, 0.2) is 90.6 Å². The van der Waals surface area contributed by atoms with Crippen LogP contribution in [0, 0.1) is 20.8 Å². The van der Waals surface area contributed by atoms with Crippen molar-refractivity contribution in [1.29, 1.82) is 0 Å². The third-order valence-corrected chi connectivity index (χ3v) is 9.33.